The van der Waals surface area contributed by atoms with Crippen molar-refractivity contribution in [3.05, 3.63) is 112 Å². The molecule has 0 spiro atoms. The predicted octanol–water partition coefficient (Wildman–Crippen LogP) is 6.81. The van der Waals surface area contributed by atoms with E-state index in [0.29, 0.717) is 45.3 Å². The lowest BCUT2D eigenvalue weighted by atomic mass is 10.1. The molecule has 0 aliphatic rings. The number of ether oxygens (including phenoxy) is 1. The van der Waals surface area contributed by atoms with Gasteiger partial charge in [0.1, 0.15) is 11.6 Å². The van der Waals surface area contributed by atoms with Gasteiger partial charge in [0.05, 0.1) is 29.7 Å². The maximum Gasteiger partial charge on any atom is 0.266 e. The largest absolute Gasteiger partial charge is 0.497 e. The third kappa shape index (κ3) is 4.75. The van der Waals surface area contributed by atoms with Crippen molar-refractivity contribution in [2.75, 3.05) is 13.7 Å². The molecule has 0 saturated heterocycles. The molecular formula is C31H28ClN3O3. The van der Waals surface area contributed by atoms with Gasteiger partial charge in [0.15, 0.2) is 0 Å². The van der Waals surface area contributed by atoms with E-state index < -0.39 is 6.04 Å². The minimum atomic E-state index is -0.507. The number of amides is 1. The summed E-state index contributed by atoms with van der Waals surface area (Å²) in [5.74, 6) is 1.01. The first-order valence-electron chi connectivity index (χ1n) is 12.6. The third-order valence-electron chi connectivity index (χ3n) is 6.75. The summed E-state index contributed by atoms with van der Waals surface area (Å²) in [7, 11) is 1.59. The molecule has 38 heavy (non-hydrogen) atoms. The topological polar surface area (TPSA) is 64.4 Å². The molecule has 1 heterocycles. The summed E-state index contributed by atoms with van der Waals surface area (Å²) in [6.45, 7) is 4.43. The van der Waals surface area contributed by atoms with Gasteiger partial charge in [-0.3, -0.25) is 14.2 Å². The van der Waals surface area contributed by atoms with E-state index in [2.05, 4.69) is 0 Å². The van der Waals surface area contributed by atoms with Gasteiger partial charge >= 0.3 is 0 Å². The zero-order valence-electron chi connectivity index (χ0n) is 21.5. The summed E-state index contributed by atoms with van der Waals surface area (Å²) < 4.78 is 6.89. The Morgan fingerprint density at radius 2 is 1.74 bits per heavy atom. The second-order valence-corrected chi connectivity index (χ2v) is 9.64. The molecule has 1 unspecified atom stereocenters. The number of halogens is 1. The lowest BCUT2D eigenvalue weighted by Gasteiger charge is -2.30. The van der Waals surface area contributed by atoms with Crippen LogP contribution >= 0.6 is 11.6 Å². The van der Waals surface area contributed by atoms with E-state index in [1.807, 2.05) is 68.4 Å². The van der Waals surface area contributed by atoms with Crippen LogP contribution in [-0.2, 0) is 0 Å². The van der Waals surface area contributed by atoms with Crippen molar-refractivity contribution >= 4 is 39.2 Å². The molecule has 4 aromatic carbocycles. The summed E-state index contributed by atoms with van der Waals surface area (Å²) in [6, 6.07) is 25.4. The predicted molar refractivity (Wildman–Crippen MR) is 153 cm³/mol. The van der Waals surface area contributed by atoms with Gasteiger partial charge in [-0.05, 0) is 78.7 Å². The molecule has 192 valence electrons. The number of carbonyl (C=O) groups is 1. The van der Waals surface area contributed by atoms with Crippen LogP contribution in [0.3, 0.4) is 0 Å². The molecule has 7 heteroatoms. The van der Waals surface area contributed by atoms with Crippen LogP contribution in [0.1, 0.15) is 42.5 Å². The molecule has 1 atom stereocenters. The van der Waals surface area contributed by atoms with Crippen LogP contribution in [-0.4, -0.2) is 34.0 Å². The highest BCUT2D eigenvalue weighted by Crippen LogP contribution is 2.27. The van der Waals surface area contributed by atoms with Crippen molar-refractivity contribution in [2.45, 2.75) is 26.3 Å². The number of nitrogens with zero attached hydrogens (tertiary/aromatic N) is 3. The van der Waals surface area contributed by atoms with Crippen LogP contribution in [0.2, 0.25) is 5.02 Å². The molecule has 6 nitrogen and oxygen atoms in total. The van der Waals surface area contributed by atoms with Crippen LogP contribution in [0, 0.1) is 0 Å². The molecule has 0 bridgehead atoms. The van der Waals surface area contributed by atoms with E-state index in [0.717, 1.165) is 17.2 Å². The van der Waals surface area contributed by atoms with Gasteiger partial charge in [-0.1, -0.05) is 48.9 Å². The molecule has 0 saturated carbocycles. The lowest BCUT2D eigenvalue weighted by Crippen LogP contribution is -2.38. The summed E-state index contributed by atoms with van der Waals surface area (Å²) in [5, 5.41) is 3.00. The van der Waals surface area contributed by atoms with E-state index in [1.165, 1.54) is 0 Å². The number of hydrogen-bond donors (Lipinski definition) is 0. The molecule has 1 amide bonds. The average molecular weight is 526 g/mol. The Hall–Kier alpha value is -4.16. The molecule has 0 aliphatic carbocycles. The van der Waals surface area contributed by atoms with Gasteiger partial charge in [-0.15, -0.1) is 0 Å². The summed E-state index contributed by atoms with van der Waals surface area (Å²) in [5.41, 5.74) is 1.49. The Bertz CT molecular complexity index is 1700. The van der Waals surface area contributed by atoms with Gasteiger partial charge in [0.25, 0.3) is 11.5 Å². The van der Waals surface area contributed by atoms with Crippen LogP contribution in [0.15, 0.2) is 89.7 Å². The Balaban J connectivity index is 1.66. The minimum absolute atomic E-state index is 0.119. The maximum absolute atomic E-state index is 13.9. The highest BCUT2D eigenvalue weighted by atomic mass is 35.5. The number of carbonyl (C=O) groups excluding carboxylic acids is 1. The number of benzene rings is 4. The number of methoxy groups -OCH3 is 1. The molecule has 0 radical (unpaired) electrons. The number of rotatable bonds is 7. The molecule has 5 rings (SSSR count). The van der Waals surface area contributed by atoms with Crippen molar-refractivity contribution in [3.63, 3.8) is 0 Å². The van der Waals surface area contributed by atoms with Crippen molar-refractivity contribution < 1.29 is 9.53 Å². The van der Waals surface area contributed by atoms with Crippen LogP contribution < -0.4 is 10.3 Å². The van der Waals surface area contributed by atoms with Crippen LogP contribution in [0.25, 0.3) is 27.4 Å². The third-order valence-corrected chi connectivity index (χ3v) is 6.99. The van der Waals surface area contributed by atoms with E-state index in [4.69, 9.17) is 21.3 Å². The molecule has 0 fully saturated rings. The molecule has 0 N–H and O–H groups in total. The quantitative estimate of drug-likeness (QED) is 0.234. The van der Waals surface area contributed by atoms with Crippen LogP contribution in [0.4, 0.5) is 0 Å². The smallest absolute Gasteiger partial charge is 0.266 e. The minimum Gasteiger partial charge on any atom is -0.497 e. The van der Waals surface area contributed by atoms with Crippen molar-refractivity contribution in [2.24, 2.45) is 0 Å². The van der Waals surface area contributed by atoms with Gasteiger partial charge in [0.2, 0.25) is 0 Å². The molecule has 5 aromatic rings. The SMILES string of the molecule is CCCN(C(=O)c1ccc2ccccc2c1)C(C)c1nc2cc(Cl)ccc2c(=O)n1-c1ccc(OC)cc1. The monoisotopic (exact) mass is 525 g/mol. The second kappa shape index (κ2) is 10.7. The van der Waals surface area contributed by atoms with Crippen molar-refractivity contribution in [1.29, 1.82) is 0 Å². The Kier molecular flexibility index (Phi) is 7.16. The Labute approximate surface area is 226 Å². The lowest BCUT2D eigenvalue weighted by molar-refractivity contribution is 0.0681. The summed E-state index contributed by atoms with van der Waals surface area (Å²) in [6.07, 6.45) is 0.746. The fourth-order valence-corrected chi connectivity index (χ4v) is 4.94. The van der Waals surface area contributed by atoms with Gasteiger partial charge < -0.3 is 9.64 Å². The van der Waals surface area contributed by atoms with E-state index >= 15 is 0 Å². The Morgan fingerprint density at radius 1 is 1.00 bits per heavy atom. The fourth-order valence-electron chi connectivity index (χ4n) is 4.78. The highest BCUT2D eigenvalue weighted by molar-refractivity contribution is 6.31. The summed E-state index contributed by atoms with van der Waals surface area (Å²) in [4.78, 5) is 34.4. The zero-order valence-corrected chi connectivity index (χ0v) is 22.3. The average Bonchev–Trinajstić information content (AvgIpc) is 2.94. The first-order chi connectivity index (χ1) is 18.4. The van der Waals surface area contributed by atoms with Crippen molar-refractivity contribution in [1.82, 2.24) is 14.5 Å². The first kappa shape index (κ1) is 25.5. The van der Waals surface area contributed by atoms with E-state index in [1.54, 1.807) is 46.9 Å². The zero-order chi connectivity index (χ0) is 26.8. The number of hydrogen-bond acceptors (Lipinski definition) is 4. The fraction of sp³-hybridized carbons (Fsp3) is 0.194. The Morgan fingerprint density at radius 3 is 2.45 bits per heavy atom. The van der Waals surface area contributed by atoms with Gasteiger partial charge in [-0.2, -0.15) is 0 Å². The number of fused-ring (bicyclic) bond motifs is 2. The molecule has 1 aromatic heterocycles. The van der Waals surface area contributed by atoms with Crippen molar-refractivity contribution in [3.8, 4) is 11.4 Å². The van der Waals surface area contributed by atoms with E-state index in [-0.39, 0.29) is 11.5 Å². The maximum atomic E-state index is 13.9. The summed E-state index contributed by atoms with van der Waals surface area (Å²) >= 11 is 6.26. The normalized spacial score (nSPS) is 12.0. The van der Waals surface area contributed by atoms with Crippen LogP contribution in [0.5, 0.6) is 5.75 Å². The van der Waals surface area contributed by atoms with E-state index in [9.17, 15) is 9.59 Å². The standard InChI is InChI=1S/C31H28ClN3O3/c1-4-17-34(30(36)23-10-9-21-7-5-6-8-22(21)18-23)20(2)29-33-28-19-24(32)11-16-27(28)31(37)35(29)25-12-14-26(38-3)15-13-25/h5-16,18-20H,4,17H2,1-3H3. The highest BCUT2D eigenvalue weighted by Gasteiger charge is 2.27. The van der Waals surface area contributed by atoms with Gasteiger partial charge in [0, 0.05) is 17.1 Å². The second-order valence-electron chi connectivity index (χ2n) is 9.21. The molecule has 0 aliphatic heterocycles. The van der Waals surface area contributed by atoms with Gasteiger partial charge in [-0.25, -0.2) is 4.98 Å². The number of aromatic nitrogens is 2. The first-order valence-corrected chi connectivity index (χ1v) is 13.0. The molecular weight excluding hydrogens is 498 g/mol.